The van der Waals surface area contributed by atoms with Crippen LogP contribution in [0, 0.1) is 5.82 Å². The summed E-state index contributed by atoms with van der Waals surface area (Å²) in [6.07, 6.45) is -3.53. The van der Waals surface area contributed by atoms with Crippen molar-refractivity contribution in [2.24, 2.45) is 0 Å². The van der Waals surface area contributed by atoms with E-state index in [-0.39, 0.29) is 12.1 Å². The maximum atomic E-state index is 13.8. The van der Waals surface area contributed by atoms with Gasteiger partial charge in [0.15, 0.2) is 5.69 Å². The first kappa shape index (κ1) is 14.0. The van der Waals surface area contributed by atoms with Crippen molar-refractivity contribution >= 4 is 5.97 Å². The van der Waals surface area contributed by atoms with Crippen molar-refractivity contribution in [2.45, 2.75) is 12.7 Å². The topological polar surface area (TPSA) is 55.1 Å². The van der Waals surface area contributed by atoms with Crippen LogP contribution in [0.2, 0.25) is 0 Å². The number of hydrogen-bond acceptors (Lipinski definition) is 2. The van der Waals surface area contributed by atoms with E-state index in [1.54, 1.807) is 0 Å². The second-order valence-corrected chi connectivity index (χ2v) is 3.98. The average Bonchev–Trinajstić information content (AvgIpc) is 2.80. The Labute approximate surface area is 110 Å². The molecule has 4 nitrogen and oxygen atoms in total. The summed E-state index contributed by atoms with van der Waals surface area (Å²) in [4.78, 5) is 10.8. The molecule has 0 atom stereocenters. The first-order chi connectivity index (χ1) is 9.29. The van der Waals surface area contributed by atoms with Crippen LogP contribution in [0.25, 0.3) is 0 Å². The third-order valence-electron chi connectivity index (χ3n) is 2.57. The van der Waals surface area contributed by atoms with Crippen LogP contribution in [0.5, 0.6) is 0 Å². The molecule has 0 spiro atoms. The van der Waals surface area contributed by atoms with E-state index in [4.69, 9.17) is 5.11 Å². The van der Waals surface area contributed by atoms with Gasteiger partial charge in [0, 0.05) is 11.8 Å². The minimum atomic E-state index is -4.58. The Kier molecular flexibility index (Phi) is 3.47. The maximum absolute atomic E-state index is 13.8. The molecule has 0 aliphatic rings. The lowest BCUT2D eigenvalue weighted by molar-refractivity contribution is -0.141. The summed E-state index contributed by atoms with van der Waals surface area (Å²) in [5, 5.41) is 12.0. The summed E-state index contributed by atoms with van der Waals surface area (Å²) in [5.41, 5.74) is -1.68. The van der Waals surface area contributed by atoms with Gasteiger partial charge < -0.3 is 5.11 Å². The Morgan fingerprint density at radius 1 is 1.30 bits per heavy atom. The predicted octanol–water partition coefficient (Wildman–Crippen LogP) is 2.79. The molecule has 1 heterocycles. The number of rotatable bonds is 3. The van der Waals surface area contributed by atoms with E-state index >= 15 is 0 Å². The zero-order chi connectivity index (χ0) is 14.9. The van der Waals surface area contributed by atoms with Crippen molar-refractivity contribution in [3.8, 4) is 0 Å². The molecule has 1 aromatic heterocycles. The molecule has 0 saturated heterocycles. The zero-order valence-corrected chi connectivity index (χ0v) is 9.86. The highest BCUT2D eigenvalue weighted by Gasteiger charge is 2.33. The fourth-order valence-electron chi connectivity index (χ4n) is 1.64. The highest BCUT2D eigenvalue weighted by molar-refractivity contribution is 5.88. The van der Waals surface area contributed by atoms with Gasteiger partial charge in [-0.15, -0.1) is 0 Å². The van der Waals surface area contributed by atoms with Crippen molar-refractivity contribution < 1.29 is 27.5 Å². The molecule has 0 aliphatic heterocycles. The molecule has 1 N–H and O–H groups in total. The Bertz CT molecular complexity index is 649. The third-order valence-corrected chi connectivity index (χ3v) is 2.57. The lowest BCUT2D eigenvalue weighted by atomic mass is 10.1. The van der Waals surface area contributed by atoms with Crippen LogP contribution < -0.4 is 0 Å². The number of alkyl halides is 3. The van der Waals surface area contributed by atoms with Gasteiger partial charge in [-0.25, -0.2) is 9.18 Å². The van der Waals surface area contributed by atoms with Gasteiger partial charge in [-0.05, 0) is 12.1 Å². The summed E-state index contributed by atoms with van der Waals surface area (Å²) in [6.45, 7) is -0.289. The summed E-state index contributed by atoms with van der Waals surface area (Å²) in [5.74, 6) is -2.43. The Morgan fingerprint density at radius 3 is 2.55 bits per heavy atom. The van der Waals surface area contributed by atoms with Crippen molar-refractivity contribution in [3.05, 3.63) is 53.1 Å². The van der Waals surface area contributed by atoms with E-state index in [0.717, 1.165) is 23.0 Å². The second-order valence-electron chi connectivity index (χ2n) is 3.98. The lowest BCUT2D eigenvalue weighted by Gasteiger charge is -2.06. The molecule has 1 aromatic carbocycles. The molecule has 0 aliphatic carbocycles. The van der Waals surface area contributed by atoms with Crippen LogP contribution in [0.1, 0.15) is 21.6 Å². The van der Waals surface area contributed by atoms with E-state index in [0.29, 0.717) is 0 Å². The number of nitrogens with zero attached hydrogens (tertiary/aromatic N) is 2. The number of halogens is 4. The number of hydrogen-bond donors (Lipinski definition) is 1. The molecule has 0 bridgehead atoms. The molecule has 106 valence electrons. The largest absolute Gasteiger partial charge is 0.478 e. The molecule has 0 fully saturated rings. The van der Waals surface area contributed by atoms with Crippen LogP contribution in [0.4, 0.5) is 17.6 Å². The second kappa shape index (κ2) is 4.95. The van der Waals surface area contributed by atoms with E-state index in [9.17, 15) is 22.4 Å². The monoisotopic (exact) mass is 288 g/mol. The first-order valence-electron chi connectivity index (χ1n) is 5.40. The summed E-state index contributed by atoms with van der Waals surface area (Å²) < 4.78 is 51.8. The van der Waals surface area contributed by atoms with Crippen molar-refractivity contribution in [1.82, 2.24) is 9.78 Å². The molecular formula is C12H8F4N2O2. The third kappa shape index (κ3) is 2.79. The van der Waals surface area contributed by atoms with Crippen molar-refractivity contribution in [3.63, 3.8) is 0 Å². The number of carbonyl (C=O) groups is 1. The summed E-state index contributed by atoms with van der Waals surface area (Å²) >= 11 is 0. The summed E-state index contributed by atoms with van der Waals surface area (Å²) in [6, 6.07) is 4.44. The number of aromatic nitrogens is 2. The van der Waals surface area contributed by atoms with Gasteiger partial charge in [-0.3, -0.25) is 4.68 Å². The van der Waals surface area contributed by atoms with Gasteiger partial charge in [-0.1, -0.05) is 12.1 Å². The molecular weight excluding hydrogens is 280 g/mol. The quantitative estimate of drug-likeness (QED) is 0.884. The molecule has 2 aromatic rings. The van der Waals surface area contributed by atoms with E-state index < -0.39 is 29.2 Å². The minimum Gasteiger partial charge on any atom is -0.478 e. The Balaban J connectivity index is 2.29. The van der Waals surface area contributed by atoms with Crippen molar-refractivity contribution in [1.29, 1.82) is 0 Å². The first-order valence-corrected chi connectivity index (χ1v) is 5.40. The molecule has 0 amide bonds. The highest BCUT2D eigenvalue weighted by Crippen LogP contribution is 2.27. The fraction of sp³-hybridized carbons (Fsp3) is 0.167. The average molecular weight is 288 g/mol. The van der Waals surface area contributed by atoms with Gasteiger partial charge in [0.2, 0.25) is 0 Å². The van der Waals surface area contributed by atoms with Gasteiger partial charge in [0.1, 0.15) is 5.82 Å². The van der Waals surface area contributed by atoms with Crippen LogP contribution in [-0.2, 0) is 12.7 Å². The number of carboxylic acid groups (broad SMARTS) is 1. The molecule has 20 heavy (non-hydrogen) atoms. The molecule has 0 saturated carbocycles. The van der Waals surface area contributed by atoms with Gasteiger partial charge in [0.05, 0.1) is 12.1 Å². The SMILES string of the molecule is O=C(O)c1cccc(Cn2ccc(C(F)(F)F)n2)c1F. The smallest absolute Gasteiger partial charge is 0.435 e. The molecule has 8 heteroatoms. The van der Waals surface area contributed by atoms with E-state index in [2.05, 4.69) is 5.10 Å². The van der Waals surface area contributed by atoms with Crippen LogP contribution in [-0.4, -0.2) is 20.9 Å². The predicted molar refractivity (Wildman–Crippen MR) is 59.7 cm³/mol. The van der Waals surface area contributed by atoms with Gasteiger partial charge in [0.25, 0.3) is 0 Å². The Hall–Kier alpha value is -2.38. The van der Waals surface area contributed by atoms with Crippen LogP contribution >= 0.6 is 0 Å². The van der Waals surface area contributed by atoms with Crippen LogP contribution in [0.3, 0.4) is 0 Å². The molecule has 2 rings (SSSR count). The minimum absolute atomic E-state index is 0.0540. The van der Waals surface area contributed by atoms with Gasteiger partial charge >= 0.3 is 12.1 Å². The molecule has 0 radical (unpaired) electrons. The Morgan fingerprint density at radius 2 is 2.00 bits per heavy atom. The highest BCUT2D eigenvalue weighted by atomic mass is 19.4. The lowest BCUT2D eigenvalue weighted by Crippen LogP contribution is -2.10. The number of aromatic carboxylic acids is 1. The number of benzene rings is 1. The fourth-order valence-corrected chi connectivity index (χ4v) is 1.64. The van der Waals surface area contributed by atoms with E-state index in [1.807, 2.05) is 0 Å². The van der Waals surface area contributed by atoms with Crippen LogP contribution in [0.15, 0.2) is 30.5 Å². The normalized spacial score (nSPS) is 11.6. The van der Waals surface area contributed by atoms with E-state index in [1.165, 1.54) is 12.1 Å². The maximum Gasteiger partial charge on any atom is 0.435 e. The summed E-state index contributed by atoms with van der Waals surface area (Å²) in [7, 11) is 0. The van der Waals surface area contributed by atoms with Gasteiger partial charge in [-0.2, -0.15) is 18.3 Å². The standard InChI is InChI=1S/C12H8F4N2O2/c13-10-7(2-1-3-8(10)11(19)20)6-18-5-4-9(17-18)12(14,15)16/h1-5H,6H2,(H,19,20). The van der Waals surface area contributed by atoms with Crippen molar-refractivity contribution in [2.75, 3.05) is 0 Å². The number of carboxylic acids is 1. The zero-order valence-electron chi connectivity index (χ0n) is 9.86. The molecule has 0 unspecified atom stereocenters.